The van der Waals surface area contributed by atoms with E-state index in [9.17, 15) is 4.79 Å². The Bertz CT molecular complexity index is 108. The molecular weight excluding hydrogens is 128 g/mol. The largest absolute Gasteiger partial charge is 0.481 e. The van der Waals surface area contributed by atoms with E-state index >= 15 is 0 Å². The van der Waals surface area contributed by atoms with Gasteiger partial charge in [0.1, 0.15) is 0 Å². The third-order valence-electron chi connectivity index (χ3n) is 1.73. The molecule has 0 rings (SSSR count). The highest BCUT2D eigenvalue weighted by atomic mass is 16.4. The molecule has 0 amide bonds. The fourth-order valence-electron chi connectivity index (χ4n) is 0.967. The first-order valence-electron chi connectivity index (χ1n) is 3.59. The zero-order valence-electron chi connectivity index (χ0n) is 6.85. The van der Waals surface area contributed by atoms with Gasteiger partial charge in [-0.2, -0.15) is 0 Å². The molecule has 0 saturated heterocycles. The molecule has 0 aromatic rings. The first kappa shape index (κ1) is 9.47. The van der Waals surface area contributed by atoms with Gasteiger partial charge in [0.15, 0.2) is 0 Å². The molecule has 0 aliphatic heterocycles. The van der Waals surface area contributed by atoms with Gasteiger partial charge in [0.05, 0.1) is 0 Å². The smallest absolute Gasteiger partial charge is 0.303 e. The lowest BCUT2D eigenvalue weighted by atomic mass is 9.90. The molecule has 1 radical (unpaired) electrons. The van der Waals surface area contributed by atoms with Gasteiger partial charge in [0, 0.05) is 6.42 Å². The lowest BCUT2D eigenvalue weighted by molar-refractivity contribution is -0.138. The van der Waals surface area contributed by atoms with Crippen LogP contribution in [0.3, 0.4) is 0 Å². The van der Waals surface area contributed by atoms with E-state index in [-0.39, 0.29) is 12.3 Å². The van der Waals surface area contributed by atoms with Gasteiger partial charge < -0.3 is 5.11 Å². The van der Waals surface area contributed by atoms with Crippen molar-refractivity contribution in [3.63, 3.8) is 0 Å². The number of carboxylic acid groups (broad SMARTS) is 1. The molecule has 2 nitrogen and oxygen atoms in total. The van der Waals surface area contributed by atoms with Crippen LogP contribution in [0.5, 0.6) is 0 Å². The lowest BCUT2D eigenvalue weighted by Crippen LogP contribution is -2.11. The van der Waals surface area contributed by atoms with Crippen LogP contribution in [0.4, 0.5) is 0 Å². The van der Waals surface area contributed by atoms with Gasteiger partial charge in [-0.25, -0.2) is 0 Å². The Morgan fingerprint density at radius 2 is 2.00 bits per heavy atom. The fourth-order valence-corrected chi connectivity index (χ4v) is 0.967. The summed E-state index contributed by atoms with van der Waals surface area (Å²) in [4.78, 5) is 10.3. The number of hydrogen-bond acceptors (Lipinski definition) is 1. The topological polar surface area (TPSA) is 37.3 Å². The minimum atomic E-state index is -0.701. The van der Waals surface area contributed by atoms with Gasteiger partial charge in [-0.15, -0.1) is 0 Å². The van der Waals surface area contributed by atoms with Crippen molar-refractivity contribution in [2.45, 2.75) is 33.6 Å². The maximum Gasteiger partial charge on any atom is 0.303 e. The number of aliphatic carboxylic acids is 1. The maximum absolute atomic E-state index is 10.3. The fraction of sp³-hybridized carbons (Fsp3) is 0.750. The van der Waals surface area contributed by atoms with Crippen molar-refractivity contribution in [3.8, 4) is 0 Å². The van der Waals surface area contributed by atoms with E-state index < -0.39 is 5.97 Å². The van der Waals surface area contributed by atoms with E-state index in [1.165, 1.54) is 5.92 Å². The molecule has 1 atom stereocenters. The van der Waals surface area contributed by atoms with Crippen molar-refractivity contribution in [2.24, 2.45) is 5.92 Å². The second-order valence-corrected chi connectivity index (χ2v) is 2.78. The zero-order chi connectivity index (χ0) is 8.15. The summed E-state index contributed by atoms with van der Waals surface area (Å²) >= 11 is 0. The van der Waals surface area contributed by atoms with Crippen molar-refractivity contribution < 1.29 is 9.90 Å². The summed E-state index contributed by atoms with van der Waals surface area (Å²) in [7, 11) is 0. The summed E-state index contributed by atoms with van der Waals surface area (Å²) in [5, 5.41) is 8.45. The van der Waals surface area contributed by atoms with E-state index in [0.29, 0.717) is 0 Å². The number of carbonyl (C=O) groups is 1. The molecule has 0 aliphatic carbocycles. The summed E-state index contributed by atoms with van der Waals surface area (Å²) in [5.41, 5.74) is 0. The van der Waals surface area contributed by atoms with E-state index in [1.807, 2.05) is 20.8 Å². The van der Waals surface area contributed by atoms with Gasteiger partial charge >= 0.3 is 5.97 Å². The summed E-state index contributed by atoms with van der Waals surface area (Å²) in [6.45, 7) is 5.98. The molecule has 0 aromatic heterocycles. The van der Waals surface area contributed by atoms with E-state index in [2.05, 4.69) is 0 Å². The highest BCUT2D eigenvalue weighted by Crippen LogP contribution is 2.19. The predicted octanol–water partition coefficient (Wildman–Crippen LogP) is 2.10. The third kappa shape index (κ3) is 3.49. The Morgan fingerprint density at radius 1 is 1.50 bits per heavy atom. The van der Waals surface area contributed by atoms with Gasteiger partial charge in [-0.05, 0) is 11.8 Å². The number of hydrogen-bond donors (Lipinski definition) is 1. The Hall–Kier alpha value is -0.530. The Balaban J connectivity index is 3.71. The average molecular weight is 143 g/mol. The molecular formula is C8H15O2. The second-order valence-electron chi connectivity index (χ2n) is 2.78. The normalized spacial score (nSPS) is 13.6. The molecule has 0 aromatic carbocycles. The van der Waals surface area contributed by atoms with Crippen molar-refractivity contribution in [1.29, 1.82) is 0 Å². The Kier molecular flexibility index (Phi) is 4.08. The molecule has 10 heavy (non-hydrogen) atoms. The molecule has 1 unspecified atom stereocenters. The zero-order valence-corrected chi connectivity index (χ0v) is 6.85. The highest BCUT2D eigenvalue weighted by Gasteiger charge is 2.14. The second kappa shape index (κ2) is 4.31. The monoisotopic (exact) mass is 143 g/mol. The molecule has 1 N–H and O–H groups in total. The first-order valence-corrected chi connectivity index (χ1v) is 3.59. The molecule has 2 heteroatoms. The van der Waals surface area contributed by atoms with Gasteiger partial charge in [-0.3, -0.25) is 4.79 Å². The van der Waals surface area contributed by atoms with Crippen molar-refractivity contribution in [1.82, 2.24) is 0 Å². The van der Waals surface area contributed by atoms with Crippen LogP contribution in [0, 0.1) is 11.8 Å². The minimum Gasteiger partial charge on any atom is -0.481 e. The number of rotatable bonds is 4. The lowest BCUT2D eigenvalue weighted by Gasteiger charge is -2.14. The third-order valence-corrected chi connectivity index (χ3v) is 1.73. The van der Waals surface area contributed by atoms with Crippen LogP contribution in [0.15, 0.2) is 0 Å². The standard InChI is InChI=1S/C8H15O2/c1-4-7(6(2)3)5-8(9)10/h7H,4-5H2,1-3H3,(H,9,10). The van der Waals surface area contributed by atoms with Crippen molar-refractivity contribution in [3.05, 3.63) is 5.92 Å². The van der Waals surface area contributed by atoms with Crippen molar-refractivity contribution in [2.75, 3.05) is 0 Å². The summed E-state index contributed by atoms with van der Waals surface area (Å²) in [5.74, 6) is 0.774. The SMILES string of the molecule is CCC(CC(=O)O)[C](C)C. The maximum atomic E-state index is 10.3. The predicted molar refractivity (Wildman–Crippen MR) is 40.6 cm³/mol. The molecule has 0 spiro atoms. The molecule has 59 valence electrons. The van der Waals surface area contributed by atoms with Crippen molar-refractivity contribution >= 4 is 5.97 Å². The van der Waals surface area contributed by atoms with E-state index in [4.69, 9.17) is 5.11 Å². The van der Waals surface area contributed by atoms with E-state index in [1.54, 1.807) is 0 Å². The van der Waals surface area contributed by atoms with Crippen LogP contribution in [0.25, 0.3) is 0 Å². The Morgan fingerprint density at radius 3 is 2.10 bits per heavy atom. The van der Waals surface area contributed by atoms with Gasteiger partial charge in [0.2, 0.25) is 0 Å². The number of carboxylic acids is 1. The highest BCUT2D eigenvalue weighted by molar-refractivity contribution is 5.67. The molecule has 0 fully saturated rings. The Labute approximate surface area is 62.2 Å². The molecule has 0 saturated carbocycles. The summed E-state index contributed by atoms with van der Waals surface area (Å²) in [6.07, 6.45) is 1.20. The first-order chi connectivity index (χ1) is 4.57. The van der Waals surface area contributed by atoms with Crippen LogP contribution in [0.2, 0.25) is 0 Å². The van der Waals surface area contributed by atoms with Crippen LogP contribution in [-0.4, -0.2) is 11.1 Å². The minimum absolute atomic E-state index is 0.262. The molecule has 0 aliphatic rings. The summed E-state index contributed by atoms with van der Waals surface area (Å²) in [6, 6.07) is 0. The van der Waals surface area contributed by atoms with Gasteiger partial charge in [0.25, 0.3) is 0 Å². The van der Waals surface area contributed by atoms with Crippen LogP contribution >= 0.6 is 0 Å². The van der Waals surface area contributed by atoms with Crippen LogP contribution in [-0.2, 0) is 4.79 Å². The van der Waals surface area contributed by atoms with E-state index in [0.717, 1.165) is 6.42 Å². The quantitative estimate of drug-likeness (QED) is 0.654. The molecule has 0 bridgehead atoms. The summed E-state index contributed by atoms with van der Waals surface area (Å²) < 4.78 is 0. The van der Waals surface area contributed by atoms with Crippen LogP contribution < -0.4 is 0 Å². The van der Waals surface area contributed by atoms with Crippen LogP contribution in [0.1, 0.15) is 33.6 Å². The van der Waals surface area contributed by atoms with Gasteiger partial charge in [-0.1, -0.05) is 27.2 Å². The average Bonchev–Trinajstić information content (AvgIpc) is 1.81. The molecule has 0 heterocycles.